The lowest BCUT2D eigenvalue weighted by atomic mass is 10.0. The number of hydrogen-bond acceptors (Lipinski definition) is 6. The van der Waals surface area contributed by atoms with Crippen molar-refractivity contribution in [2.45, 2.75) is 31.7 Å². The van der Waals surface area contributed by atoms with Crippen molar-refractivity contribution in [3.05, 3.63) is 77.5 Å². The zero-order valence-electron chi connectivity index (χ0n) is 17.3. The first kappa shape index (κ1) is 21.5. The molecule has 1 atom stereocenters. The Morgan fingerprint density at radius 1 is 1.19 bits per heavy atom. The number of piperidine rings is 1. The van der Waals surface area contributed by atoms with Crippen LogP contribution in [-0.2, 0) is 11.2 Å². The van der Waals surface area contributed by atoms with Gasteiger partial charge in [-0.15, -0.1) is 0 Å². The first-order valence-electron chi connectivity index (χ1n) is 10.4. The molecular formula is C23H23FN4O4. The van der Waals surface area contributed by atoms with Crippen LogP contribution >= 0.6 is 0 Å². The minimum absolute atomic E-state index is 0.125. The van der Waals surface area contributed by atoms with Gasteiger partial charge >= 0.3 is 0 Å². The molecule has 1 aliphatic heterocycles. The number of hydrogen-bond donors (Lipinski definition) is 2. The predicted octanol–water partition coefficient (Wildman–Crippen LogP) is 2.99. The van der Waals surface area contributed by atoms with Crippen LogP contribution in [0.15, 0.2) is 53.3 Å². The van der Waals surface area contributed by atoms with Gasteiger partial charge < -0.3 is 19.7 Å². The van der Waals surface area contributed by atoms with Crippen LogP contribution in [0.5, 0.6) is 5.75 Å². The van der Waals surface area contributed by atoms with Gasteiger partial charge in [-0.05, 0) is 43.0 Å². The lowest BCUT2D eigenvalue weighted by molar-refractivity contribution is -0.134. The average molecular weight is 438 g/mol. The molecule has 2 aromatic heterocycles. The predicted molar refractivity (Wildman–Crippen MR) is 112 cm³/mol. The van der Waals surface area contributed by atoms with Crippen LogP contribution in [0.2, 0.25) is 0 Å². The summed E-state index contributed by atoms with van der Waals surface area (Å²) in [6, 6.07) is 7.16. The van der Waals surface area contributed by atoms with Crippen LogP contribution in [0, 0.1) is 5.82 Å². The first-order valence-corrected chi connectivity index (χ1v) is 10.4. The van der Waals surface area contributed by atoms with Crippen LogP contribution in [0.1, 0.15) is 52.9 Å². The van der Waals surface area contributed by atoms with Crippen molar-refractivity contribution >= 4 is 11.8 Å². The summed E-state index contributed by atoms with van der Waals surface area (Å²) in [5, 5.41) is 12.0. The quantitative estimate of drug-likeness (QED) is 0.613. The van der Waals surface area contributed by atoms with E-state index in [4.69, 9.17) is 4.42 Å². The second kappa shape index (κ2) is 9.59. The smallest absolute Gasteiger partial charge is 0.253 e. The Balaban J connectivity index is 1.40. The highest BCUT2D eigenvalue weighted by Gasteiger charge is 2.31. The Bertz CT molecular complexity index is 1100. The number of pyridine rings is 1. The number of aromatic nitrogens is 2. The monoisotopic (exact) mass is 438 g/mol. The highest BCUT2D eigenvalue weighted by Crippen LogP contribution is 2.31. The van der Waals surface area contributed by atoms with E-state index in [1.807, 2.05) is 0 Å². The third kappa shape index (κ3) is 5.11. The van der Waals surface area contributed by atoms with Crippen molar-refractivity contribution < 1.29 is 23.5 Å². The van der Waals surface area contributed by atoms with Gasteiger partial charge in [0.2, 0.25) is 11.8 Å². The maximum atomic E-state index is 13.1. The van der Waals surface area contributed by atoms with Gasteiger partial charge in [-0.25, -0.2) is 9.37 Å². The maximum absolute atomic E-state index is 13.1. The highest BCUT2D eigenvalue weighted by molar-refractivity contribution is 5.96. The molecule has 2 N–H and O–H groups in total. The van der Waals surface area contributed by atoms with Gasteiger partial charge in [-0.1, -0.05) is 12.1 Å². The molecule has 0 radical (unpaired) electrons. The number of nitrogens with zero attached hydrogens (tertiary/aromatic N) is 3. The van der Waals surface area contributed by atoms with Crippen molar-refractivity contribution in [2.24, 2.45) is 0 Å². The van der Waals surface area contributed by atoms with Gasteiger partial charge in [0.05, 0.1) is 24.5 Å². The summed E-state index contributed by atoms with van der Waals surface area (Å²) in [6.45, 7) is 0.358. The number of nitrogens with one attached hydrogen (secondary N) is 1. The second-order valence-electron chi connectivity index (χ2n) is 7.68. The second-order valence-corrected chi connectivity index (χ2v) is 7.68. The van der Waals surface area contributed by atoms with Gasteiger partial charge in [0.15, 0.2) is 0 Å². The molecule has 3 aromatic rings. The molecule has 4 rings (SSSR count). The van der Waals surface area contributed by atoms with Crippen LogP contribution in [0.4, 0.5) is 4.39 Å². The number of rotatable bonds is 6. The molecule has 3 heterocycles. The highest BCUT2D eigenvalue weighted by atomic mass is 19.1. The summed E-state index contributed by atoms with van der Waals surface area (Å²) in [7, 11) is 0. The van der Waals surface area contributed by atoms with E-state index in [1.54, 1.807) is 23.2 Å². The summed E-state index contributed by atoms with van der Waals surface area (Å²) in [4.78, 5) is 34.9. The molecule has 1 saturated heterocycles. The van der Waals surface area contributed by atoms with Gasteiger partial charge in [0.1, 0.15) is 23.4 Å². The Kier molecular flexibility index (Phi) is 6.44. The molecule has 1 aromatic carbocycles. The number of amides is 2. The normalized spacial score (nSPS) is 16.0. The third-order valence-electron chi connectivity index (χ3n) is 5.36. The fraction of sp³-hybridized carbons (Fsp3) is 0.304. The fourth-order valence-corrected chi connectivity index (χ4v) is 3.76. The van der Waals surface area contributed by atoms with E-state index in [0.29, 0.717) is 31.0 Å². The number of halogens is 1. The summed E-state index contributed by atoms with van der Waals surface area (Å²) >= 11 is 0. The SMILES string of the molecule is O=C(NCC(=O)N1CCCC[C@@H]1c1ncc(Cc2ccc(F)cc2)o1)c1cncc(O)c1. The zero-order chi connectivity index (χ0) is 22.5. The van der Waals surface area contributed by atoms with Crippen molar-refractivity contribution in [1.29, 1.82) is 0 Å². The first-order chi connectivity index (χ1) is 15.5. The molecule has 0 aliphatic carbocycles. The van der Waals surface area contributed by atoms with E-state index < -0.39 is 5.91 Å². The molecule has 166 valence electrons. The van der Waals surface area contributed by atoms with Crippen molar-refractivity contribution in [2.75, 3.05) is 13.1 Å². The standard InChI is InChI=1S/C23H23FN4O4/c24-17-6-4-15(5-7-17)9-19-13-27-23(32-19)20-3-1-2-8-28(20)21(30)14-26-22(31)16-10-18(29)12-25-11-16/h4-7,10-13,20,29H,1-3,8-9,14H2,(H,26,31)/t20-/m1/s1. The number of carbonyl (C=O) groups excluding carboxylic acids is 2. The van der Waals surface area contributed by atoms with E-state index in [1.165, 1.54) is 30.6 Å². The molecule has 2 amide bonds. The van der Waals surface area contributed by atoms with E-state index in [0.717, 1.165) is 18.4 Å². The van der Waals surface area contributed by atoms with E-state index in [9.17, 15) is 19.1 Å². The van der Waals surface area contributed by atoms with Crippen LogP contribution in [-0.4, -0.2) is 44.9 Å². The van der Waals surface area contributed by atoms with Crippen LogP contribution in [0.3, 0.4) is 0 Å². The van der Waals surface area contributed by atoms with Gasteiger partial charge in [0, 0.05) is 19.2 Å². The van der Waals surface area contributed by atoms with E-state index in [2.05, 4.69) is 15.3 Å². The zero-order valence-corrected chi connectivity index (χ0v) is 17.3. The number of oxazole rings is 1. The maximum Gasteiger partial charge on any atom is 0.253 e. The Labute approximate surface area is 184 Å². The molecule has 1 fully saturated rings. The van der Waals surface area contributed by atoms with Crippen LogP contribution < -0.4 is 5.32 Å². The molecule has 0 saturated carbocycles. The topological polar surface area (TPSA) is 109 Å². The Hall–Kier alpha value is -3.75. The molecule has 0 unspecified atom stereocenters. The molecule has 1 aliphatic rings. The molecular weight excluding hydrogens is 415 g/mol. The molecule has 0 spiro atoms. The Morgan fingerprint density at radius 2 is 2.00 bits per heavy atom. The fourth-order valence-electron chi connectivity index (χ4n) is 3.76. The van der Waals surface area contributed by atoms with Gasteiger partial charge in [0.25, 0.3) is 5.91 Å². The Morgan fingerprint density at radius 3 is 2.78 bits per heavy atom. The van der Waals surface area contributed by atoms with E-state index >= 15 is 0 Å². The largest absolute Gasteiger partial charge is 0.506 e. The summed E-state index contributed by atoms with van der Waals surface area (Å²) < 4.78 is 19.0. The number of likely N-dealkylation sites (tertiary alicyclic amines) is 1. The summed E-state index contributed by atoms with van der Waals surface area (Å²) in [6.07, 6.45) is 7.15. The number of aromatic hydroxyl groups is 1. The van der Waals surface area contributed by atoms with Crippen LogP contribution in [0.25, 0.3) is 0 Å². The third-order valence-corrected chi connectivity index (χ3v) is 5.36. The van der Waals surface area contributed by atoms with Crippen molar-refractivity contribution in [3.63, 3.8) is 0 Å². The number of benzene rings is 1. The molecule has 32 heavy (non-hydrogen) atoms. The lowest BCUT2D eigenvalue weighted by Crippen LogP contribution is -2.44. The van der Waals surface area contributed by atoms with Crippen molar-refractivity contribution in [1.82, 2.24) is 20.2 Å². The minimum atomic E-state index is -0.493. The molecule has 8 nitrogen and oxygen atoms in total. The molecule has 0 bridgehead atoms. The van der Waals surface area contributed by atoms with Gasteiger partial charge in [-0.3, -0.25) is 14.6 Å². The van der Waals surface area contributed by atoms with Crippen molar-refractivity contribution in [3.8, 4) is 5.75 Å². The number of carbonyl (C=O) groups is 2. The van der Waals surface area contributed by atoms with E-state index in [-0.39, 0.29) is 35.6 Å². The summed E-state index contributed by atoms with van der Waals surface area (Å²) in [5.41, 5.74) is 1.07. The molecule has 9 heteroatoms. The lowest BCUT2D eigenvalue weighted by Gasteiger charge is -2.33. The average Bonchev–Trinajstić information content (AvgIpc) is 3.27. The van der Waals surface area contributed by atoms with Gasteiger partial charge in [-0.2, -0.15) is 0 Å². The summed E-state index contributed by atoms with van der Waals surface area (Å²) in [5.74, 6) is -0.0633. The minimum Gasteiger partial charge on any atom is -0.506 e.